The molecule has 0 aliphatic heterocycles. The first-order valence-corrected chi connectivity index (χ1v) is 10.3. The van der Waals surface area contributed by atoms with Crippen molar-refractivity contribution in [2.45, 2.75) is 20.3 Å². The highest BCUT2D eigenvalue weighted by molar-refractivity contribution is 6.13. The number of carbonyl (C=O) groups is 1. The molecule has 166 valence electrons. The maximum atomic E-state index is 12.3. The second-order valence-corrected chi connectivity index (χ2v) is 7.85. The van der Waals surface area contributed by atoms with Gasteiger partial charge in [0.1, 0.15) is 0 Å². The predicted molar refractivity (Wildman–Crippen MR) is 124 cm³/mol. The molecule has 3 aromatic rings. The van der Waals surface area contributed by atoms with Gasteiger partial charge in [-0.1, -0.05) is 26.0 Å². The number of nitrogens with zero attached hydrogens (tertiary/aromatic N) is 1. The van der Waals surface area contributed by atoms with Gasteiger partial charge in [-0.15, -0.1) is 0 Å². The summed E-state index contributed by atoms with van der Waals surface area (Å²) in [6.07, 6.45) is 0.699. The van der Waals surface area contributed by atoms with Crippen molar-refractivity contribution < 1.29 is 23.7 Å². The third-order valence-corrected chi connectivity index (χ3v) is 5.64. The summed E-state index contributed by atoms with van der Waals surface area (Å²) in [7, 11) is 8.38. The van der Waals surface area contributed by atoms with Crippen LogP contribution in [-0.2, 0) is 11.2 Å². The summed E-state index contributed by atoms with van der Waals surface area (Å²) in [5.41, 5.74) is 1.09. The van der Waals surface area contributed by atoms with E-state index in [1.165, 1.54) is 0 Å². The van der Waals surface area contributed by atoms with Crippen molar-refractivity contribution in [3.63, 3.8) is 0 Å². The fourth-order valence-corrected chi connectivity index (χ4v) is 3.99. The molecule has 31 heavy (non-hydrogen) atoms. The molecule has 1 amide bonds. The zero-order valence-corrected chi connectivity index (χ0v) is 19.4. The van der Waals surface area contributed by atoms with Gasteiger partial charge in [0.15, 0.2) is 23.0 Å². The van der Waals surface area contributed by atoms with Crippen LogP contribution in [0.2, 0.25) is 0 Å². The molecular weight excluding hydrogens is 394 g/mol. The molecule has 0 radical (unpaired) electrons. The van der Waals surface area contributed by atoms with E-state index in [0.717, 1.165) is 27.1 Å². The van der Waals surface area contributed by atoms with Crippen LogP contribution in [0.5, 0.6) is 23.0 Å². The Labute approximate surface area is 183 Å². The van der Waals surface area contributed by atoms with Crippen LogP contribution in [-0.4, -0.2) is 52.8 Å². The van der Waals surface area contributed by atoms with E-state index in [2.05, 4.69) is 12.1 Å². The molecule has 0 fully saturated rings. The largest absolute Gasteiger partial charge is 0.493 e. The maximum absolute atomic E-state index is 12.3. The number of fused-ring (bicyclic) bond motifs is 3. The number of methoxy groups -OCH3 is 4. The zero-order valence-electron chi connectivity index (χ0n) is 19.4. The Balaban J connectivity index is 2.22. The number of rotatable bonds is 8. The Morgan fingerprint density at radius 1 is 0.871 bits per heavy atom. The molecule has 6 nitrogen and oxygen atoms in total. The van der Waals surface area contributed by atoms with Gasteiger partial charge in [0.25, 0.3) is 0 Å². The van der Waals surface area contributed by atoms with Crippen LogP contribution in [0.15, 0.2) is 30.3 Å². The van der Waals surface area contributed by atoms with Crippen LogP contribution in [0.3, 0.4) is 0 Å². The Kier molecular flexibility index (Phi) is 6.78. The zero-order chi connectivity index (χ0) is 22.7. The van der Waals surface area contributed by atoms with Crippen molar-refractivity contribution in [2.24, 2.45) is 5.92 Å². The van der Waals surface area contributed by atoms with Crippen molar-refractivity contribution in [2.75, 3.05) is 42.0 Å². The summed E-state index contributed by atoms with van der Waals surface area (Å²) in [5.74, 6) is 2.75. The number of hydrogen-bond donors (Lipinski definition) is 0. The molecule has 0 saturated carbocycles. The van der Waals surface area contributed by atoms with Gasteiger partial charge in [0.05, 0.1) is 28.4 Å². The number of amides is 1. The molecule has 0 bridgehead atoms. The van der Waals surface area contributed by atoms with Gasteiger partial charge in [-0.3, -0.25) is 4.79 Å². The maximum Gasteiger partial charge on any atom is 0.224 e. The van der Waals surface area contributed by atoms with Gasteiger partial charge in [-0.25, -0.2) is 0 Å². The third-order valence-electron chi connectivity index (χ3n) is 5.64. The Hall–Kier alpha value is -3.15. The molecule has 0 spiro atoms. The molecule has 3 rings (SSSR count). The van der Waals surface area contributed by atoms with E-state index >= 15 is 0 Å². The molecule has 0 N–H and O–H groups in total. The lowest BCUT2D eigenvalue weighted by atomic mass is 9.95. The van der Waals surface area contributed by atoms with E-state index < -0.39 is 0 Å². The summed E-state index contributed by atoms with van der Waals surface area (Å²) in [6, 6.07) is 10.1. The van der Waals surface area contributed by atoms with E-state index in [1.807, 2.05) is 39.1 Å². The first-order chi connectivity index (χ1) is 14.9. The smallest absolute Gasteiger partial charge is 0.224 e. The molecule has 0 aliphatic carbocycles. The van der Waals surface area contributed by atoms with Crippen LogP contribution < -0.4 is 18.9 Å². The van der Waals surface area contributed by atoms with Crippen molar-refractivity contribution in [3.8, 4) is 23.0 Å². The van der Waals surface area contributed by atoms with Crippen LogP contribution in [0.25, 0.3) is 21.5 Å². The highest BCUT2D eigenvalue weighted by atomic mass is 16.5. The topological polar surface area (TPSA) is 57.2 Å². The predicted octanol–water partition coefficient (Wildman–Crippen LogP) is 4.68. The molecule has 0 aromatic heterocycles. The number of likely N-dealkylation sites (N-methyl/N-ethyl adjacent to an activating group) is 1. The van der Waals surface area contributed by atoms with Gasteiger partial charge in [-0.05, 0) is 46.3 Å². The van der Waals surface area contributed by atoms with Crippen molar-refractivity contribution in [1.29, 1.82) is 0 Å². The second-order valence-electron chi connectivity index (χ2n) is 7.85. The SMILES string of the molecule is COc1cc2ccc3c(CCN(C)C(=O)C(C)C)cc(OC)c(OC)c3c2cc1OC. The first kappa shape index (κ1) is 22.5. The van der Waals surface area contributed by atoms with E-state index in [4.69, 9.17) is 18.9 Å². The van der Waals surface area contributed by atoms with E-state index in [-0.39, 0.29) is 11.8 Å². The van der Waals surface area contributed by atoms with Gasteiger partial charge < -0.3 is 23.8 Å². The fraction of sp³-hybridized carbons (Fsp3) is 0.400. The first-order valence-electron chi connectivity index (χ1n) is 10.3. The average Bonchev–Trinajstić information content (AvgIpc) is 2.79. The van der Waals surface area contributed by atoms with Crippen molar-refractivity contribution in [1.82, 2.24) is 4.90 Å². The van der Waals surface area contributed by atoms with Crippen LogP contribution >= 0.6 is 0 Å². The fourth-order valence-electron chi connectivity index (χ4n) is 3.99. The highest BCUT2D eigenvalue weighted by Crippen LogP contribution is 2.44. The lowest BCUT2D eigenvalue weighted by Gasteiger charge is -2.21. The summed E-state index contributed by atoms with van der Waals surface area (Å²) in [5, 5.41) is 4.00. The molecule has 0 saturated heterocycles. The standard InChI is InChI=1S/C25H31NO5/c1-15(2)25(27)26(3)11-10-17-13-22(30-6)24(31-7)23-18(17)9-8-16-12-20(28-4)21(29-5)14-19(16)23/h8-9,12-15H,10-11H2,1-7H3. The molecular formula is C25H31NO5. The summed E-state index contributed by atoms with van der Waals surface area (Å²) in [4.78, 5) is 14.1. The second kappa shape index (κ2) is 9.33. The average molecular weight is 426 g/mol. The van der Waals surface area contributed by atoms with E-state index in [0.29, 0.717) is 36.0 Å². The molecule has 6 heteroatoms. The number of ether oxygens (including phenoxy) is 4. The highest BCUT2D eigenvalue weighted by Gasteiger charge is 2.19. The summed E-state index contributed by atoms with van der Waals surface area (Å²) in [6.45, 7) is 4.45. The number of carbonyl (C=O) groups excluding carboxylic acids is 1. The van der Waals surface area contributed by atoms with Gasteiger partial charge in [0.2, 0.25) is 5.91 Å². The van der Waals surface area contributed by atoms with Gasteiger partial charge in [-0.2, -0.15) is 0 Å². The van der Waals surface area contributed by atoms with Crippen molar-refractivity contribution in [3.05, 3.63) is 35.9 Å². The summed E-state index contributed by atoms with van der Waals surface area (Å²) < 4.78 is 22.5. The van der Waals surface area contributed by atoms with Gasteiger partial charge >= 0.3 is 0 Å². The van der Waals surface area contributed by atoms with Crippen molar-refractivity contribution >= 4 is 27.5 Å². The lowest BCUT2D eigenvalue weighted by molar-refractivity contribution is -0.133. The number of benzene rings is 3. The third kappa shape index (κ3) is 4.20. The normalized spacial score (nSPS) is 11.1. The molecule has 0 heterocycles. The van der Waals surface area contributed by atoms with E-state index in [1.54, 1.807) is 33.3 Å². The van der Waals surface area contributed by atoms with Crippen LogP contribution in [0.1, 0.15) is 19.4 Å². The Morgan fingerprint density at radius 3 is 2.10 bits per heavy atom. The van der Waals surface area contributed by atoms with E-state index in [9.17, 15) is 4.79 Å². The minimum Gasteiger partial charge on any atom is -0.493 e. The molecule has 0 atom stereocenters. The molecule has 0 unspecified atom stereocenters. The minimum atomic E-state index is -0.0291. The van der Waals surface area contributed by atoms with Crippen LogP contribution in [0.4, 0.5) is 0 Å². The Bertz CT molecular complexity index is 1110. The van der Waals surface area contributed by atoms with Gasteiger partial charge in [0, 0.05) is 24.9 Å². The lowest BCUT2D eigenvalue weighted by Crippen LogP contribution is -2.32. The quantitative estimate of drug-likeness (QED) is 0.490. The Morgan fingerprint density at radius 2 is 1.52 bits per heavy atom. The summed E-state index contributed by atoms with van der Waals surface area (Å²) >= 11 is 0. The molecule has 0 aliphatic rings. The monoisotopic (exact) mass is 425 g/mol. The van der Waals surface area contributed by atoms with Crippen LogP contribution in [0, 0.1) is 5.92 Å². The minimum absolute atomic E-state index is 0.0291. The number of hydrogen-bond acceptors (Lipinski definition) is 5. The molecule has 3 aromatic carbocycles.